The van der Waals surface area contributed by atoms with Gasteiger partial charge in [0.2, 0.25) is 0 Å². The Hall–Kier alpha value is -2.64. The van der Waals surface area contributed by atoms with Gasteiger partial charge in [0.25, 0.3) is 0 Å². The summed E-state index contributed by atoms with van der Waals surface area (Å²) in [6.07, 6.45) is 2.47. The second-order valence-corrected chi connectivity index (χ2v) is 6.77. The van der Waals surface area contributed by atoms with E-state index >= 15 is 0 Å². The Bertz CT molecular complexity index is 683. The Kier molecular flexibility index (Phi) is 8.89. The summed E-state index contributed by atoms with van der Waals surface area (Å²) in [4.78, 5) is 18.6. The number of ether oxygens (including phenoxy) is 4. The smallest absolute Gasteiger partial charge is 0.310 e. The van der Waals surface area contributed by atoms with Crippen molar-refractivity contribution in [2.45, 2.75) is 26.2 Å². The van der Waals surface area contributed by atoms with Gasteiger partial charge < -0.3 is 29.2 Å². The molecule has 1 N–H and O–H groups in total. The Labute approximate surface area is 173 Å². The number of guanidine groups is 1. The third-order valence-corrected chi connectivity index (χ3v) is 5.03. The first-order valence-corrected chi connectivity index (χ1v) is 9.99. The van der Waals surface area contributed by atoms with Crippen molar-refractivity contribution < 1.29 is 23.7 Å². The number of piperidine rings is 1. The molecule has 1 aromatic carbocycles. The van der Waals surface area contributed by atoms with Crippen LogP contribution in [0.3, 0.4) is 0 Å². The number of methoxy groups -OCH3 is 3. The largest absolute Gasteiger partial charge is 0.496 e. The fourth-order valence-electron chi connectivity index (χ4n) is 3.58. The number of rotatable bonds is 8. The van der Waals surface area contributed by atoms with Crippen LogP contribution in [0.15, 0.2) is 17.1 Å². The van der Waals surface area contributed by atoms with Crippen LogP contribution in [0.2, 0.25) is 0 Å². The summed E-state index contributed by atoms with van der Waals surface area (Å²) in [5.74, 6) is 2.68. The van der Waals surface area contributed by atoms with Gasteiger partial charge in [-0.25, -0.2) is 0 Å². The summed E-state index contributed by atoms with van der Waals surface area (Å²) in [5, 5.41) is 3.39. The van der Waals surface area contributed by atoms with E-state index in [1.807, 2.05) is 19.1 Å². The lowest BCUT2D eigenvalue weighted by Gasteiger charge is -2.34. The average molecular weight is 408 g/mol. The van der Waals surface area contributed by atoms with Gasteiger partial charge in [0, 0.05) is 44.4 Å². The number of benzene rings is 1. The minimum Gasteiger partial charge on any atom is -0.496 e. The number of nitrogens with one attached hydrogen (secondary N) is 1. The highest BCUT2D eigenvalue weighted by Crippen LogP contribution is 2.34. The van der Waals surface area contributed by atoms with Crippen LogP contribution in [0.5, 0.6) is 17.2 Å². The standard InChI is InChI=1S/C21H33N3O5/c1-6-29-20(25)15-8-7-11-24(14-15)21(22-2)23-10-9-17-18(27-4)12-16(26-3)13-19(17)28-5/h12-13,15H,6-11,14H2,1-5H3,(H,22,23). The van der Waals surface area contributed by atoms with E-state index in [0.717, 1.165) is 42.4 Å². The maximum atomic E-state index is 12.1. The van der Waals surface area contributed by atoms with Gasteiger partial charge in [-0.05, 0) is 26.2 Å². The number of hydrogen-bond acceptors (Lipinski definition) is 6. The minimum atomic E-state index is -0.125. The van der Waals surface area contributed by atoms with Gasteiger partial charge in [0.15, 0.2) is 5.96 Å². The topological polar surface area (TPSA) is 81.6 Å². The molecule has 8 nitrogen and oxygen atoms in total. The number of nitrogens with zero attached hydrogens (tertiary/aromatic N) is 2. The number of carbonyl (C=O) groups is 1. The van der Waals surface area contributed by atoms with Crippen molar-refractivity contribution in [1.29, 1.82) is 0 Å². The van der Waals surface area contributed by atoms with E-state index in [2.05, 4.69) is 15.2 Å². The van der Waals surface area contributed by atoms with Crippen LogP contribution in [0.4, 0.5) is 0 Å². The molecular formula is C21H33N3O5. The maximum absolute atomic E-state index is 12.1. The molecule has 1 saturated heterocycles. The van der Waals surface area contributed by atoms with Crippen molar-refractivity contribution in [2.75, 3.05) is 54.6 Å². The summed E-state index contributed by atoms with van der Waals surface area (Å²) < 4.78 is 21.5. The van der Waals surface area contributed by atoms with E-state index in [9.17, 15) is 4.79 Å². The first-order chi connectivity index (χ1) is 14.1. The normalized spacial score (nSPS) is 16.9. The maximum Gasteiger partial charge on any atom is 0.310 e. The number of likely N-dealkylation sites (tertiary alicyclic amines) is 1. The van der Waals surface area contributed by atoms with E-state index in [1.165, 1.54) is 0 Å². The van der Waals surface area contributed by atoms with E-state index in [4.69, 9.17) is 18.9 Å². The highest BCUT2D eigenvalue weighted by molar-refractivity contribution is 5.81. The quantitative estimate of drug-likeness (QED) is 0.401. The fraction of sp³-hybridized carbons (Fsp3) is 0.619. The van der Waals surface area contributed by atoms with Crippen LogP contribution in [-0.2, 0) is 16.0 Å². The number of carbonyl (C=O) groups excluding carboxylic acids is 1. The van der Waals surface area contributed by atoms with E-state index in [0.29, 0.717) is 31.9 Å². The Morgan fingerprint density at radius 2 is 1.90 bits per heavy atom. The van der Waals surface area contributed by atoms with Crippen LogP contribution in [0.1, 0.15) is 25.3 Å². The zero-order valence-electron chi connectivity index (χ0n) is 18.1. The molecule has 1 unspecified atom stereocenters. The average Bonchev–Trinajstić information content (AvgIpc) is 2.76. The molecule has 0 spiro atoms. The molecule has 0 aliphatic carbocycles. The van der Waals surface area contributed by atoms with E-state index in [1.54, 1.807) is 28.4 Å². The lowest BCUT2D eigenvalue weighted by atomic mass is 9.98. The van der Waals surface area contributed by atoms with Gasteiger partial charge in [-0.2, -0.15) is 0 Å². The summed E-state index contributed by atoms with van der Waals surface area (Å²) in [5.41, 5.74) is 0.960. The zero-order valence-corrected chi connectivity index (χ0v) is 18.1. The Morgan fingerprint density at radius 1 is 1.21 bits per heavy atom. The summed E-state index contributed by atoms with van der Waals surface area (Å²) >= 11 is 0. The van der Waals surface area contributed by atoms with Crippen molar-refractivity contribution in [1.82, 2.24) is 10.2 Å². The Balaban J connectivity index is 2.01. The molecule has 0 aromatic heterocycles. The van der Waals surface area contributed by atoms with E-state index in [-0.39, 0.29) is 11.9 Å². The monoisotopic (exact) mass is 407 g/mol. The van der Waals surface area contributed by atoms with Crippen molar-refractivity contribution in [2.24, 2.45) is 10.9 Å². The number of aliphatic imine (C=N–C) groups is 1. The zero-order chi connectivity index (χ0) is 21.2. The first kappa shape index (κ1) is 22.6. The molecule has 0 radical (unpaired) electrons. The van der Waals surface area contributed by atoms with Crippen LogP contribution >= 0.6 is 0 Å². The second kappa shape index (κ2) is 11.4. The highest BCUT2D eigenvalue weighted by Gasteiger charge is 2.28. The molecule has 2 rings (SSSR count). The van der Waals surface area contributed by atoms with Gasteiger partial charge in [0.1, 0.15) is 17.2 Å². The molecule has 0 amide bonds. The van der Waals surface area contributed by atoms with Crippen LogP contribution in [0.25, 0.3) is 0 Å². The molecule has 8 heteroatoms. The highest BCUT2D eigenvalue weighted by atomic mass is 16.5. The first-order valence-electron chi connectivity index (χ1n) is 9.99. The lowest BCUT2D eigenvalue weighted by Crippen LogP contribution is -2.48. The predicted octanol–water partition coefficient (Wildman–Crippen LogP) is 2.11. The number of esters is 1. The summed E-state index contributed by atoms with van der Waals surface area (Å²) in [7, 11) is 6.63. The Morgan fingerprint density at radius 3 is 2.45 bits per heavy atom. The molecule has 1 aliphatic rings. The summed E-state index contributed by atoms with van der Waals surface area (Å²) in [6.45, 7) is 4.37. The van der Waals surface area contributed by atoms with Gasteiger partial charge >= 0.3 is 5.97 Å². The number of hydrogen-bond donors (Lipinski definition) is 1. The third kappa shape index (κ3) is 5.92. The van der Waals surface area contributed by atoms with E-state index < -0.39 is 0 Å². The van der Waals surface area contributed by atoms with Gasteiger partial charge in [-0.3, -0.25) is 9.79 Å². The van der Waals surface area contributed by atoms with Crippen LogP contribution in [0, 0.1) is 5.92 Å². The van der Waals surface area contributed by atoms with Crippen LogP contribution in [-0.4, -0.2) is 71.4 Å². The molecule has 1 heterocycles. The predicted molar refractivity (Wildman–Crippen MR) is 112 cm³/mol. The van der Waals surface area contributed by atoms with Crippen LogP contribution < -0.4 is 19.5 Å². The van der Waals surface area contributed by atoms with Crippen molar-refractivity contribution in [3.8, 4) is 17.2 Å². The minimum absolute atomic E-state index is 0.107. The van der Waals surface area contributed by atoms with Gasteiger partial charge in [-0.15, -0.1) is 0 Å². The second-order valence-electron chi connectivity index (χ2n) is 6.77. The third-order valence-electron chi connectivity index (χ3n) is 5.03. The molecule has 1 aromatic rings. The SMILES string of the molecule is CCOC(=O)C1CCCN(C(=NC)NCCc2c(OC)cc(OC)cc2OC)C1. The molecule has 1 fully saturated rings. The molecule has 1 aliphatic heterocycles. The fourth-order valence-corrected chi connectivity index (χ4v) is 3.58. The molecule has 1 atom stereocenters. The van der Waals surface area contributed by atoms with Crippen molar-refractivity contribution in [3.63, 3.8) is 0 Å². The molecule has 0 bridgehead atoms. The van der Waals surface area contributed by atoms with Crippen molar-refractivity contribution in [3.05, 3.63) is 17.7 Å². The molecule has 29 heavy (non-hydrogen) atoms. The van der Waals surface area contributed by atoms with Crippen molar-refractivity contribution >= 4 is 11.9 Å². The van der Waals surface area contributed by atoms with Gasteiger partial charge in [-0.1, -0.05) is 0 Å². The lowest BCUT2D eigenvalue weighted by molar-refractivity contribution is -0.149. The molecule has 0 saturated carbocycles. The summed E-state index contributed by atoms with van der Waals surface area (Å²) in [6, 6.07) is 3.70. The molecule has 162 valence electrons. The molecular weight excluding hydrogens is 374 g/mol. The van der Waals surface area contributed by atoms with Gasteiger partial charge in [0.05, 0.1) is 33.9 Å².